The van der Waals surface area contributed by atoms with E-state index in [1.165, 1.54) is 12.1 Å². The lowest BCUT2D eigenvalue weighted by Crippen LogP contribution is -2.48. The summed E-state index contributed by atoms with van der Waals surface area (Å²) in [5, 5.41) is 5.14. The van der Waals surface area contributed by atoms with E-state index in [1.807, 2.05) is 0 Å². The molecule has 1 fully saturated rings. The van der Waals surface area contributed by atoms with E-state index in [0.29, 0.717) is 36.3 Å². The number of benzene rings is 2. The molecule has 0 unspecified atom stereocenters. The zero-order valence-corrected chi connectivity index (χ0v) is 22.5. The highest BCUT2D eigenvalue weighted by Crippen LogP contribution is 2.28. The Hall–Kier alpha value is -3.06. The number of hydrogen-bond acceptors (Lipinski definition) is 8. The number of thiazole rings is 1. The largest absolute Gasteiger partial charge is 0.340 e. The van der Waals surface area contributed by atoms with Crippen LogP contribution in [0.2, 0.25) is 5.02 Å². The molecule has 2 heterocycles. The quantitative estimate of drug-likeness (QED) is 0.451. The van der Waals surface area contributed by atoms with Gasteiger partial charge in [-0.25, -0.2) is 18.2 Å². The molecular weight excluding hydrogens is 538 g/mol. The molecule has 4 rings (SSSR count). The SMILES string of the molecule is CC(=O)N1CCN(CCCS(=O)(=O)c2ccc3nc(NC(=O)NC(=O)c4ccccc4Cl)sc3c2)CC1. The summed E-state index contributed by atoms with van der Waals surface area (Å²) in [4.78, 5) is 44.4. The molecule has 0 bridgehead atoms. The van der Waals surface area contributed by atoms with Crippen LogP contribution in [0.3, 0.4) is 0 Å². The van der Waals surface area contributed by atoms with Crippen molar-refractivity contribution in [3.8, 4) is 0 Å². The monoisotopic (exact) mass is 563 g/mol. The van der Waals surface area contributed by atoms with Crippen molar-refractivity contribution in [1.29, 1.82) is 0 Å². The highest BCUT2D eigenvalue weighted by molar-refractivity contribution is 7.91. The van der Waals surface area contributed by atoms with Gasteiger partial charge in [-0.2, -0.15) is 0 Å². The maximum atomic E-state index is 12.9. The van der Waals surface area contributed by atoms with Crippen LogP contribution in [0.25, 0.3) is 10.2 Å². The summed E-state index contributed by atoms with van der Waals surface area (Å²) >= 11 is 7.09. The molecule has 37 heavy (non-hydrogen) atoms. The lowest BCUT2D eigenvalue weighted by atomic mass is 10.2. The standard InChI is InChI=1S/C24H26ClN5O5S2/c1-16(31)30-12-10-29(11-13-30)9-4-14-37(34,35)17-7-8-20-21(15-17)36-24(26-20)28-23(33)27-22(32)18-5-2-3-6-19(18)25/h2-3,5-8,15H,4,9-14H2,1H3,(H2,26,27,28,32,33). The number of piperazine rings is 1. The van der Waals surface area contributed by atoms with Gasteiger partial charge in [0.1, 0.15) is 0 Å². The number of nitrogens with one attached hydrogen (secondary N) is 2. The summed E-state index contributed by atoms with van der Waals surface area (Å²) in [6.07, 6.45) is 0.482. The van der Waals surface area contributed by atoms with Crippen LogP contribution in [-0.2, 0) is 14.6 Å². The van der Waals surface area contributed by atoms with Gasteiger partial charge in [-0.1, -0.05) is 35.1 Å². The number of urea groups is 1. The number of nitrogens with zero attached hydrogens (tertiary/aromatic N) is 3. The number of fused-ring (bicyclic) bond motifs is 1. The molecule has 0 atom stereocenters. The predicted octanol–water partition coefficient (Wildman–Crippen LogP) is 3.24. The van der Waals surface area contributed by atoms with Crippen molar-refractivity contribution in [1.82, 2.24) is 20.1 Å². The number of halogens is 1. The van der Waals surface area contributed by atoms with Crippen LogP contribution in [0.5, 0.6) is 0 Å². The number of hydrogen-bond donors (Lipinski definition) is 2. The van der Waals surface area contributed by atoms with Crippen LogP contribution in [-0.4, -0.2) is 79.5 Å². The third-order valence-electron chi connectivity index (χ3n) is 5.99. The molecule has 13 heteroatoms. The van der Waals surface area contributed by atoms with Gasteiger partial charge in [0, 0.05) is 33.1 Å². The van der Waals surface area contributed by atoms with Crippen LogP contribution in [0.4, 0.5) is 9.93 Å². The van der Waals surface area contributed by atoms with Gasteiger partial charge >= 0.3 is 6.03 Å². The molecular formula is C24H26ClN5O5S2. The van der Waals surface area contributed by atoms with E-state index < -0.39 is 21.8 Å². The van der Waals surface area contributed by atoms with Gasteiger partial charge in [-0.05, 0) is 43.3 Å². The summed E-state index contributed by atoms with van der Waals surface area (Å²) in [6.45, 7) is 4.99. The lowest BCUT2D eigenvalue weighted by Gasteiger charge is -2.34. The van der Waals surface area contributed by atoms with Gasteiger partial charge in [0.05, 0.1) is 31.5 Å². The first-order chi connectivity index (χ1) is 17.6. The Kier molecular flexibility index (Phi) is 8.42. The molecule has 196 valence electrons. The van der Waals surface area contributed by atoms with Crippen LogP contribution in [0, 0.1) is 0 Å². The molecule has 0 radical (unpaired) electrons. The third kappa shape index (κ3) is 6.83. The van der Waals surface area contributed by atoms with Crippen molar-refractivity contribution < 1.29 is 22.8 Å². The van der Waals surface area contributed by atoms with Crippen molar-refractivity contribution >= 4 is 66.0 Å². The maximum absolute atomic E-state index is 12.9. The Morgan fingerprint density at radius 2 is 1.81 bits per heavy atom. The first kappa shape index (κ1) is 27.0. The van der Waals surface area contributed by atoms with Gasteiger partial charge in [0.15, 0.2) is 15.0 Å². The molecule has 0 saturated carbocycles. The normalized spacial score (nSPS) is 14.5. The second kappa shape index (κ2) is 11.5. The van der Waals surface area contributed by atoms with Crippen LogP contribution in [0.15, 0.2) is 47.4 Å². The molecule has 2 aromatic carbocycles. The lowest BCUT2D eigenvalue weighted by molar-refractivity contribution is -0.130. The Labute approximate surface area is 223 Å². The van der Waals surface area contributed by atoms with Gasteiger partial charge in [-0.3, -0.25) is 25.1 Å². The van der Waals surface area contributed by atoms with Crippen molar-refractivity contribution in [3.05, 3.63) is 53.1 Å². The summed E-state index contributed by atoms with van der Waals surface area (Å²) in [5.74, 6) is -0.592. The molecule has 1 aliphatic heterocycles. The van der Waals surface area contributed by atoms with E-state index >= 15 is 0 Å². The van der Waals surface area contributed by atoms with E-state index in [9.17, 15) is 22.8 Å². The van der Waals surface area contributed by atoms with Crippen molar-refractivity contribution in [2.75, 3.05) is 43.8 Å². The van der Waals surface area contributed by atoms with Crippen LogP contribution in [0.1, 0.15) is 23.7 Å². The molecule has 10 nitrogen and oxygen atoms in total. The summed E-state index contributed by atoms with van der Waals surface area (Å²) in [7, 11) is -3.51. The average Bonchev–Trinajstić information content (AvgIpc) is 3.25. The topological polar surface area (TPSA) is 129 Å². The minimum absolute atomic E-state index is 0.00189. The predicted molar refractivity (Wildman–Crippen MR) is 143 cm³/mol. The number of carbonyl (C=O) groups excluding carboxylic acids is 3. The molecule has 4 amide bonds. The fourth-order valence-electron chi connectivity index (χ4n) is 3.98. The van der Waals surface area contributed by atoms with Gasteiger partial charge in [0.2, 0.25) is 5.91 Å². The number of imide groups is 1. The fourth-order valence-corrected chi connectivity index (χ4v) is 6.49. The maximum Gasteiger partial charge on any atom is 0.327 e. The van der Waals surface area contributed by atoms with Crippen molar-refractivity contribution in [3.63, 3.8) is 0 Å². The Bertz CT molecular complexity index is 1430. The molecule has 2 N–H and O–H groups in total. The Morgan fingerprint density at radius 3 is 2.51 bits per heavy atom. The van der Waals surface area contributed by atoms with Gasteiger partial charge in [-0.15, -0.1) is 0 Å². The van der Waals surface area contributed by atoms with E-state index in [-0.39, 0.29) is 32.3 Å². The number of rotatable bonds is 7. The highest BCUT2D eigenvalue weighted by Gasteiger charge is 2.21. The summed E-state index contributed by atoms with van der Waals surface area (Å²) in [6, 6.07) is 10.2. The minimum Gasteiger partial charge on any atom is -0.340 e. The summed E-state index contributed by atoms with van der Waals surface area (Å²) < 4.78 is 26.4. The minimum atomic E-state index is -3.51. The van der Waals surface area contributed by atoms with Crippen molar-refractivity contribution in [2.24, 2.45) is 0 Å². The molecule has 1 saturated heterocycles. The number of amides is 4. The number of sulfone groups is 1. The number of aromatic nitrogens is 1. The summed E-state index contributed by atoms with van der Waals surface area (Å²) in [5.41, 5.74) is 0.691. The first-order valence-corrected chi connectivity index (χ1v) is 14.4. The second-order valence-corrected chi connectivity index (χ2v) is 12.1. The molecule has 1 aliphatic rings. The molecule has 0 spiro atoms. The zero-order valence-electron chi connectivity index (χ0n) is 20.1. The number of carbonyl (C=O) groups is 3. The number of anilines is 1. The van der Waals surface area contributed by atoms with E-state index in [1.54, 1.807) is 42.2 Å². The van der Waals surface area contributed by atoms with Gasteiger partial charge in [0.25, 0.3) is 5.91 Å². The van der Waals surface area contributed by atoms with Crippen LogP contribution >= 0.6 is 22.9 Å². The zero-order chi connectivity index (χ0) is 26.6. The van der Waals surface area contributed by atoms with E-state index in [2.05, 4.69) is 20.5 Å². The highest BCUT2D eigenvalue weighted by atomic mass is 35.5. The molecule has 3 aromatic rings. The second-order valence-electron chi connectivity index (χ2n) is 8.56. The average molecular weight is 564 g/mol. The molecule has 1 aromatic heterocycles. The fraction of sp³-hybridized carbons (Fsp3) is 0.333. The smallest absolute Gasteiger partial charge is 0.327 e. The van der Waals surface area contributed by atoms with Crippen LogP contribution < -0.4 is 10.6 Å². The van der Waals surface area contributed by atoms with Gasteiger partial charge < -0.3 is 4.90 Å². The van der Waals surface area contributed by atoms with E-state index in [0.717, 1.165) is 24.4 Å². The first-order valence-electron chi connectivity index (χ1n) is 11.6. The Morgan fingerprint density at radius 1 is 1.08 bits per heavy atom. The van der Waals surface area contributed by atoms with E-state index in [4.69, 9.17) is 11.6 Å². The van der Waals surface area contributed by atoms with Crippen molar-refractivity contribution in [2.45, 2.75) is 18.2 Å². The third-order valence-corrected chi connectivity index (χ3v) is 9.05. The molecule has 0 aliphatic carbocycles. The Balaban J connectivity index is 1.33.